The maximum Gasteiger partial charge on any atom is 0.285 e. The standard InChI is InChI=1S/C6H11NO3S/c1-3-11(2,9)7-6(8)5-4-10-5/h5H,3-4H2,1-2H3. The van der Waals surface area contributed by atoms with Crippen LogP contribution in [0.2, 0.25) is 0 Å². The van der Waals surface area contributed by atoms with Crippen LogP contribution in [0.1, 0.15) is 6.92 Å². The molecule has 1 aliphatic rings. The number of amides is 1. The highest BCUT2D eigenvalue weighted by molar-refractivity contribution is 7.93. The first kappa shape index (κ1) is 8.67. The van der Waals surface area contributed by atoms with Crippen molar-refractivity contribution in [2.75, 3.05) is 18.6 Å². The molecular formula is C6H11NO3S. The normalized spacial score (nSPS) is 27.3. The maximum atomic E-state index is 11.3. The monoisotopic (exact) mass is 177 g/mol. The zero-order valence-electron chi connectivity index (χ0n) is 6.57. The molecule has 2 atom stereocenters. The molecule has 0 aromatic carbocycles. The van der Waals surface area contributed by atoms with Gasteiger partial charge in [-0.2, -0.15) is 4.36 Å². The quantitative estimate of drug-likeness (QED) is 0.559. The van der Waals surface area contributed by atoms with Gasteiger partial charge in [0.15, 0.2) is 6.10 Å². The smallest absolute Gasteiger partial charge is 0.285 e. The van der Waals surface area contributed by atoms with Gasteiger partial charge in [0.1, 0.15) is 0 Å². The third-order valence-electron chi connectivity index (χ3n) is 1.43. The fourth-order valence-electron chi connectivity index (χ4n) is 0.504. The molecule has 4 nitrogen and oxygen atoms in total. The fourth-order valence-corrected chi connectivity index (χ4v) is 1.13. The van der Waals surface area contributed by atoms with E-state index in [2.05, 4.69) is 4.36 Å². The molecule has 0 aromatic heterocycles. The minimum Gasteiger partial charge on any atom is -0.363 e. The molecule has 0 aromatic rings. The van der Waals surface area contributed by atoms with E-state index >= 15 is 0 Å². The van der Waals surface area contributed by atoms with Crippen molar-refractivity contribution in [2.24, 2.45) is 4.36 Å². The Balaban J connectivity index is 2.70. The first-order chi connectivity index (χ1) is 5.05. The summed E-state index contributed by atoms with van der Waals surface area (Å²) in [7, 11) is -2.28. The molecule has 1 heterocycles. The van der Waals surface area contributed by atoms with Crippen molar-refractivity contribution in [1.29, 1.82) is 0 Å². The summed E-state index contributed by atoms with van der Waals surface area (Å²) in [5.74, 6) is 0.0326. The summed E-state index contributed by atoms with van der Waals surface area (Å²) in [4.78, 5) is 10.9. The highest BCUT2D eigenvalue weighted by atomic mass is 32.2. The Hall–Kier alpha value is -0.420. The largest absolute Gasteiger partial charge is 0.363 e. The van der Waals surface area contributed by atoms with Crippen molar-refractivity contribution in [2.45, 2.75) is 13.0 Å². The van der Waals surface area contributed by atoms with Crippen molar-refractivity contribution >= 4 is 15.6 Å². The van der Waals surface area contributed by atoms with E-state index in [4.69, 9.17) is 4.74 Å². The van der Waals surface area contributed by atoms with E-state index in [-0.39, 0.29) is 5.91 Å². The van der Waals surface area contributed by atoms with Crippen molar-refractivity contribution in [3.05, 3.63) is 0 Å². The number of nitrogens with zero attached hydrogens (tertiary/aromatic N) is 1. The molecule has 0 spiro atoms. The Morgan fingerprint density at radius 3 is 2.73 bits per heavy atom. The van der Waals surface area contributed by atoms with E-state index in [0.29, 0.717) is 12.4 Å². The zero-order valence-corrected chi connectivity index (χ0v) is 7.39. The number of hydrogen-bond donors (Lipinski definition) is 0. The summed E-state index contributed by atoms with van der Waals surface area (Å²) >= 11 is 0. The van der Waals surface area contributed by atoms with E-state index in [0.717, 1.165) is 0 Å². The minimum absolute atomic E-state index is 0.376. The van der Waals surface area contributed by atoms with Crippen molar-refractivity contribution in [1.82, 2.24) is 0 Å². The van der Waals surface area contributed by atoms with E-state index in [1.54, 1.807) is 6.92 Å². The first-order valence-corrected chi connectivity index (χ1v) is 5.49. The Bertz CT molecular complexity index is 274. The van der Waals surface area contributed by atoms with Gasteiger partial charge in [-0.1, -0.05) is 6.92 Å². The SMILES string of the molecule is CCS(C)(=O)=NC(=O)C1CO1. The molecule has 1 amide bonds. The number of carbonyl (C=O) groups excluding carboxylic acids is 1. The molecule has 64 valence electrons. The van der Waals surface area contributed by atoms with Gasteiger partial charge in [0.2, 0.25) is 0 Å². The minimum atomic E-state index is -2.28. The van der Waals surface area contributed by atoms with Crippen LogP contribution in [0.3, 0.4) is 0 Å². The molecule has 0 radical (unpaired) electrons. The van der Waals surface area contributed by atoms with Crippen LogP contribution in [0.25, 0.3) is 0 Å². The van der Waals surface area contributed by atoms with Crippen molar-refractivity contribution in [3.8, 4) is 0 Å². The molecular weight excluding hydrogens is 166 g/mol. The highest BCUT2D eigenvalue weighted by Crippen LogP contribution is 2.11. The van der Waals surface area contributed by atoms with Crippen molar-refractivity contribution in [3.63, 3.8) is 0 Å². The van der Waals surface area contributed by atoms with Gasteiger partial charge < -0.3 is 4.74 Å². The average molecular weight is 177 g/mol. The van der Waals surface area contributed by atoms with Gasteiger partial charge in [-0.15, -0.1) is 0 Å². The number of rotatable bonds is 2. The van der Waals surface area contributed by atoms with Crippen LogP contribution >= 0.6 is 0 Å². The molecule has 2 unspecified atom stereocenters. The van der Waals surface area contributed by atoms with Crippen molar-refractivity contribution < 1.29 is 13.7 Å². The van der Waals surface area contributed by atoms with Gasteiger partial charge in [-0.3, -0.25) is 4.79 Å². The van der Waals surface area contributed by atoms with Crippen LogP contribution in [0, 0.1) is 0 Å². The molecule has 1 aliphatic heterocycles. The van der Waals surface area contributed by atoms with Gasteiger partial charge in [0, 0.05) is 12.0 Å². The fraction of sp³-hybridized carbons (Fsp3) is 0.833. The van der Waals surface area contributed by atoms with Crippen LogP contribution in [0.15, 0.2) is 4.36 Å². The van der Waals surface area contributed by atoms with Crippen LogP contribution in [0.4, 0.5) is 0 Å². The molecule has 0 N–H and O–H groups in total. The molecule has 1 fully saturated rings. The second kappa shape index (κ2) is 2.91. The number of epoxide rings is 1. The lowest BCUT2D eigenvalue weighted by Crippen LogP contribution is -2.09. The maximum absolute atomic E-state index is 11.3. The van der Waals surface area contributed by atoms with E-state index < -0.39 is 15.8 Å². The third kappa shape index (κ3) is 2.59. The molecule has 1 rings (SSSR count). The molecule has 1 saturated heterocycles. The number of hydrogen-bond acceptors (Lipinski definition) is 3. The summed E-state index contributed by atoms with van der Waals surface area (Å²) < 4.78 is 19.5. The lowest BCUT2D eigenvalue weighted by molar-refractivity contribution is -0.118. The first-order valence-electron chi connectivity index (χ1n) is 3.40. The number of carbonyl (C=O) groups is 1. The second-order valence-electron chi connectivity index (χ2n) is 2.50. The summed E-state index contributed by atoms with van der Waals surface area (Å²) in [5.41, 5.74) is 0. The van der Waals surface area contributed by atoms with Gasteiger partial charge in [0.05, 0.1) is 16.3 Å². The predicted octanol–water partition coefficient (Wildman–Crippen LogP) is 0.0295. The van der Waals surface area contributed by atoms with Crippen LogP contribution in [-0.4, -0.2) is 34.8 Å². The van der Waals surface area contributed by atoms with Gasteiger partial charge in [-0.05, 0) is 0 Å². The third-order valence-corrected chi connectivity index (χ3v) is 3.06. The van der Waals surface area contributed by atoms with E-state index in [1.165, 1.54) is 6.26 Å². The molecule has 11 heavy (non-hydrogen) atoms. The zero-order chi connectivity index (χ0) is 8.48. The molecule has 0 saturated carbocycles. The van der Waals surface area contributed by atoms with Gasteiger partial charge in [-0.25, -0.2) is 4.21 Å². The molecule has 0 bridgehead atoms. The second-order valence-corrected chi connectivity index (χ2v) is 5.18. The molecule has 0 aliphatic carbocycles. The van der Waals surface area contributed by atoms with Gasteiger partial charge >= 0.3 is 0 Å². The Kier molecular flexibility index (Phi) is 2.29. The van der Waals surface area contributed by atoms with E-state index in [1.807, 2.05) is 0 Å². The lowest BCUT2D eigenvalue weighted by Gasteiger charge is -1.95. The Morgan fingerprint density at radius 2 is 2.36 bits per heavy atom. The highest BCUT2D eigenvalue weighted by Gasteiger charge is 2.31. The van der Waals surface area contributed by atoms with Gasteiger partial charge in [0.25, 0.3) is 5.91 Å². The summed E-state index contributed by atoms with van der Waals surface area (Å²) in [6.45, 7) is 2.18. The summed E-state index contributed by atoms with van der Waals surface area (Å²) in [5, 5.41) is 0. The predicted molar refractivity (Wildman–Crippen MR) is 41.8 cm³/mol. The number of ether oxygens (including phenoxy) is 1. The summed E-state index contributed by atoms with van der Waals surface area (Å²) in [6, 6.07) is 0. The Labute approximate surface area is 66.1 Å². The van der Waals surface area contributed by atoms with Crippen LogP contribution < -0.4 is 0 Å². The van der Waals surface area contributed by atoms with Crippen LogP contribution in [0.5, 0.6) is 0 Å². The van der Waals surface area contributed by atoms with Crippen LogP contribution in [-0.2, 0) is 19.3 Å². The topological polar surface area (TPSA) is 59.0 Å². The van der Waals surface area contributed by atoms with E-state index in [9.17, 15) is 9.00 Å². The Morgan fingerprint density at radius 1 is 1.82 bits per heavy atom. The summed E-state index contributed by atoms with van der Waals surface area (Å²) in [6.07, 6.45) is 1.08. The lowest BCUT2D eigenvalue weighted by atomic mass is 10.5. The average Bonchev–Trinajstić information content (AvgIpc) is 2.67. The molecule has 5 heteroatoms.